The third-order valence-electron chi connectivity index (χ3n) is 2.84. The zero-order chi connectivity index (χ0) is 13.8. The van der Waals surface area contributed by atoms with Crippen LogP contribution in [0.2, 0.25) is 0 Å². The molecule has 4 heteroatoms. The van der Waals surface area contributed by atoms with Crippen molar-refractivity contribution in [2.45, 2.75) is 33.1 Å². The molecule has 0 aliphatic carbocycles. The summed E-state index contributed by atoms with van der Waals surface area (Å²) in [5.74, 6) is 0.293. The van der Waals surface area contributed by atoms with Crippen LogP contribution in [0.1, 0.15) is 48.4 Å². The molecule has 0 atom stereocenters. The molecule has 0 bridgehead atoms. The summed E-state index contributed by atoms with van der Waals surface area (Å²) in [7, 11) is 0. The van der Waals surface area contributed by atoms with E-state index in [-0.39, 0.29) is 11.6 Å². The van der Waals surface area contributed by atoms with Crippen LogP contribution in [0.4, 0.5) is 0 Å². The third kappa shape index (κ3) is 3.85. The number of hydrogen-bond donors (Lipinski definition) is 0. The summed E-state index contributed by atoms with van der Waals surface area (Å²) >= 11 is 3.04. The van der Waals surface area contributed by atoms with Crippen LogP contribution >= 0.6 is 22.7 Å². The first-order chi connectivity index (χ1) is 9.06. The Bertz CT molecular complexity index is 541. The molecule has 0 amide bonds. The maximum absolute atomic E-state index is 11.9. The molecule has 19 heavy (non-hydrogen) atoms. The van der Waals surface area contributed by atoms with Gasteiger partial charge in [-0.25, -0.2) is 0 Å². The van der Waals surface area contributed by atoms with E-state index < -0.39 is 0 Å². The van der Waals surface area contributed by atoms with E-state index in [0.29, 0.717) is 19.3 Å². The van der Waals surface area contributed by atoms with Crippen LogP contribution in [0.5, 0.6) is 0 Å². The number of hydrogen-bond acceptors (Lipinski definition) is 4. The van der Waals surface area contributed by atoms with Gasteiger partial charge < -0.3 is 0 Å². The van der Waals surface area contributed by atoms with Crippen LogP contribution in [0.3, 0.4) is 0 Å². The Morgan fingerprint density at radius 1 is 0.842 bits per heavy atom. The van der Waals surface area contributed by atoms with E-state index in [1.807, 2.05) is 38.1 Å². The van der Waals surface area contributed by atoms with Gasteiger partial charge in [0.25, 0.3) is 0 Å². The van der Waals surface area contributed by atoms with Gasteiger partial charge >= 0.3 is 0 Å². The van der Waals surface area contributed by atoms with Gasteiger partial charge in [-0.2, -0.15) is 0 Å². The van der Waals surface area contributed by atoms with Gasteiger partial charge in [-0.05, 0) is 44.5 Å². The van der Waals surface area contributed by atoms with Crippen molar-refractivity contribution in [1.82, 2.24) is 0 Å². The van der Waals surface area contributed by atoms with Crippen LogP contribution in [0.25, 0.3) is 0 Å². The summed E-state index contributed by atoms with van der Waals surface area (Å²) in [5, 5.41) is 0. The summed E-state index contributed by atoms with van der Waals surface area (Å²) in [6, 6.07) is 7.65. The van der Waals surface area contributed by atoms with Crippen molar-refractivity contribution in [2.24, 2.45) is 0 Å². The van der Waals surface area contributed by atoms with E-state index in [4.69, 9.17) is 0 Å². The predicted octanol–water partition coefficient (Wildman–Crippen LogP) is 4.66. The molecule has 2 rings (SSSR count). The highest BCUT2D eigenvalue weighted by atomic mass is 32.1. The van der Waals surface area contributed by atoms with E-state index in [2.05, 4.69) is 0 Å². The molecule has 0 aliphatic heterocycles. The third-order valence-corrected chi connectivity index (χ3v) is 4.92. The van der Waals surface area contributed by atoms with Crippen LogP contribution in [0, 0.1) is 13.8 Å². The normalized spacial score (nSPS) is 10.6. The van der Waals surface area contributed by atoms with Crippen molar-refractivity contribution in [2.75, 3.05) is 0 Å². The maximum Gasteiger partial charge on any atom is 0.172 e. The van der Waals surface area contributed by atoms with Gasteiger partial charge in [0.15, 0.2) is 11.6 Å². The Hall–Kier alpha value is -1.26. The number of ketones is 2. The lowest BCUT2D eigenvalue weighted by atomic mass is 10.1. The maximum atomic E-state index is 11.9. The zero-order valence-electron chi connectivity index (χ0n) is 11.1. The lowest BCUT2D eigenvalue weighted by molar-refractivity contribution is 0.0961. The zero-order valence-corrected chi connectivity index (χ0v) is 12.7. The summed E-state index contributed by atoms with van der Waals surface area (Å²) in [4.78, 5) is 27.7. The first-order valence-electron chi connectivity index (χ1n) is 6.25. The predicted molar refractivity (Wildman–Crippen MR) is 80.6 cm³/mol. The largest absolute Gasteiger partial charge is 0.293 e. The van der Waals surface area contributed by atoms with Gasteiger partial charge in [-0.15, -0.1) is 22.7 Å². The van der Waals surface area contributed by atoms with Gasteiger partial charge in [-0.1, -0.05) is 0 Å². The minimum absolute atomic E-state index is 0.147. The fourth-order valence-corrected chi connectivity index (χ4v) is 3.49. The van der Waals surface area contributed by atoms with Gasteiger partial charge in [-0.3, -0.25) is 9.59 Å². The van der Waals surface area contributed by atoms with Gasteiger partial charge in [0, 0.05) is 22.6 Å². The number of aryl methyl sites for hydroxylation is 2. The van der Waals surface area contributed by atoms with Crippen LogP contribution in [0.15, 0.2) is 24.3 Å². The standard InChI is InChI=1S/C15H16O2S2/c1-10-6-8-14(18-10)12(16)4-3-5-13(17)15-9-7-11(2)19-15/h6-9H,3-5H2,1-2H3. The quantitative estimate of drug-likeness (QED) is 0.725. The van der Waals surface area contributed by atoms with Crippen LogP contribution < -0.4 is 0 Å². The molecule has 2 aromatic rings. The molecule has 2 heterocycles. The Kier molecular flexibility index (Phi) is 4.66. The summed E-state index contributed by atoms with van der Waals surface area (Å²) in [6.45, 7) is 3.98. The van der Waals surface area contributed by atoms with E-state index in [9.17, 15) is 9.59 Å². The summed E-state index contributed by atoms with van der Waals surface area (Å²) < 4.78 is 0. The molecule has 0 fully saturated rings. The van der Waals surface area contributed by atoms with Gasteiger partial charge in [0.1, 0.15) is 0 Å². The SMILES string of the molecule is Cc1ccc(C(=O)CCCC(=O)c2ccc(C)s2)s1. The molecular formula is C15H16O2S2. The van der Waals surface area contributed by atoms with Crippen LogP contribution in [-0.4, -0.2) is 11.6 Å². The second-order valence-corrected chi connectivity index (χ2v) is 7.10. The summed E-state index contributed by atoms with van der Waals surface area (Å²) in [6.07, 6.45) is 1.54. The average Bonchev–Trinajstić information content (AvgIpc) is 2.98. The topological polar surface area (TPSA) is 34.1 Å². The van der Waals surface area contributed by atoms with Crippen molar-refractivity contribution in [3.05, 3.63) is 43.8 Å². The van der Waals surface area contributed by atoms with Gasteiger partial charge in [0.2, 0.25) is 0 Å². The average molecular weight is 292 g/mol. The molecule has 0 radical (unpaired) electrons. The molecule has 0 unspecified atom stereocenters. The molecule has 0 N–H and O–H groups in total. The van der Waals surface area contributed by atoms with E-state index in [1.165, 1.54) is 22.7 Å². The molecular weight excluding hydrogens is 276 g/mol. The molecule has 0 aromatic carbocycles. The number of thiophene rings is 2. The smallest absolute Gasteiger partial charge is 0.172 e. The monoisotopic (exact) mass is 292 g/mol. The second-order valence-electron chi connectivity index (χ2n) is 4.52. The molecule has 2 aromatic heterocycles. The minimum Gasteiger partial charge on any atom is -0.293 e. The highest BCUT2D eigenvalue weighted by molar-refractivity contribution is 7.14. The fraction of sp³-hybridized carbons (Fsp3) is 0.333. The lowest BCUT2D eigenvalue weighted by Gasteiger charge is -1.98. The first kappa shape index (κ1) is 14.2. The summed E-state index contributed by atoms with van der Waals surface area (Å²) in [5.41, 5.74) is 0. The molecule has 2 nitrogen and oxygen atoms in total. The minimum atomic E-state index is 0.147. The van der Waals surface area contributed by atoms with Crippen molar-refractivity contribution >= 4 is 34.2 Å². The fourth-order valence-electron chi connectivity index (χ4n) is 1.82. The highest BCUT2D eigenvalue weighted by Crippen LogP contribution is 2.20. The van der Waals surface area contributed by atoms with Crippen LogP contribution in [-0.2, 0) is 0 Å². The molecule has 0 saturated heterocycles. The van der Waals surface area contributed by atoms with E-state index in [1.54, 1.807) is 0 Å². The Morgan fingerprint density at radius 2 is 1.26 bits per heavy atom. The molecule has 0 spiro atoms. The Morgan fingerprint density at radius 3 is 1.58 bits per heavy atom. The Labute approximate surface area is 121 Å². The molecule has 0 saturated carbocycles. The molecule has 100 valence electrons. The number of rotatable bonds is 6. The second kappa shape index (κ2) is 6.26. The van der Waals surface area contributed by atoms with Crippen molar-refractivity contribution in [3.63, 3.8) is 0 Å². The highest BCUT2D eigenvalue weighted by Gasteiger charge is 2.11. The lowest BCUT2D eigenvalue weighted by Crippen LogP contribution is -2.00. The van der Waals surface area contributed by atoms with E-state index in [0.717, 1.165) is 19.5 Å². The number of carbonyl (C=O) groups is 2. The Balaban J connectivity index is 1.80. The first-order valence-corrected chi connectivity index (χ1v) is 7.89. The van der Waals surface area contributed by atoms with Crippen molar-refractivity contribution in [3.8, 4) is 0 Å². The number of Topliss-reactive ketones (excluding diaryl/α,β-unsaturated/α-hetero) is 2. The molecule has 0 aliphatic rings. The van der Waals surface area contributed by atoms with Crippen molar-refractivity contribution < 1.29 is 9.59 Å². The van der Waals surface area contributed by atoms with Gasteiger partial charge in [0.05, 0.1) is 9.75 Å². The van der Waals surface area contributed by atoms with E-state index >= 15 is 0 Å². The van der Waals surface area contributed by atoms with Crippen molar-refractivity contribution in [1.29, 1.82) is 0 Å². The number of carbonyl (C=O) groups excluding carboxylic acids is 2.